The Kier molecular flexibility index (Phi) is 4.71. The van der Waals surface area contributed by atoms with Gasteiger partial charge >= 0.3 is 5.69 Å². The Hall–Kier alpha value is -1.21. The van der Waals surface area contributed by atoms with Gasteiger partial charge in [0.1, 0.15) is 0 Å². The molecule has 0 atom stereocenters. The molecule has 0 spiro atoms. The molecule has 1 saturated heterocycles. The molecule has 2 heterocycles. The number of aromatic amines is 1. The average molecular weight is 285 g/mol. The highest BCUT2D eigenvalue weighted by Gasteiger charge is 2.15. The second kappa shape index (κ2) is 6.29. The summed E-state index contributed by atoms with van der Waals surface area (Å²) in [7, 11) is 0. The molecule has 0 unspecified atom stereocenters. The summed E-state index contributed by atoms with van der Waals surface area (Å²) in [4.78, 5) is 27.8. The smallest absolute Gasteiger partial charge is 0.331 e. The van der Waals surface area contributed by atoms with Crippen LogP contribution >= 0.6 is 11.8 Å². The van der Waals surface area contributed by atoms with Crippen LogP contribution in [-0.2, 0) is 13.0 Å². The molecule has 7 heteroatoms. The molecule has 19 heavy (non-hydrogen) atoms. The van der Waals surface area contributed by atoms with E-state index in [2.05, 4.69) is 9.88 Å². The minimum Gasteiger partial charge on any atom is -0.494 e. The largest absolute Gasteiger partial charge is 0.494 e. The van der Waals surface area contributed by atoms with Crippen molar-refractivity contribution in [1.29, 1.82) is 0 Å². The number of thioether (sulfide) groups is 1. The van der Waals surface area contributed by atoms with Gasteiger partial charge in [0.25, 0.3) is 5.56 Å². The fraction of sp³-hybridized carbons (Fsp3) is 0.667. The lowest BCUT2D eigenvalue weighted by molar-refractivity contribution is 0.277. The Labute approximate surface area is 115 Å². The number of nitrogens with zero attached hydrogens (tertiary/aromatic N) is 2. The minimum absolute atomic E-state index is 0.192. The predicted molar refractivity (Wildman–Crippen MR) is 76.1 cm³/mol. The van der Waals surface area contributed by atoms with Gasteiger partial charge in [0.15, 0.2) is 0 Å². The summed E-state index contributed by atoms with van der Waals surface area (Å²) in [6.07, 6.45) is 0.405. The second-order valence-corrected chi connectivity index (χ2v) is 5.75. The van der Waals surface area contributed by atoms with Crippen LogP contribution in [0.15, 0.2) is 9.59 Å². The quantitative estimate of drug-likeness (QED) is 0.804. The van der Waals surface area contributed by atoms with E-state index in [0.717, 1.165) is 24.6 Å². The van der Waals surface area contributed by atoms with E-state index in [9.17, 15) is 14.7 Å². The van der Waals surface area contributed by atoms with Crippen LogP contribution in [0.5, 0.6) is 5.88 Å². The molecule has 1 fully saturated rings. The SMILES string of the molecule is CCc1c(O)n(CCN2CCSCC2)c(=O)[nH]c1=O. The Morgan fingerprint density at radius 2 is 1.95 bits per heavy atom. The maximum atomic E-state index is 11.7. The van der Waals surface area contributed by atoms with Crippen LogP contribution in [0, 0.1) is 0 Å². The standard InChI is InChI=1S/C12H19N3O3S/c1-2-9-10(16)13-12(18)15(11(9)17)4-3-14-5-7-19-8-6-14/h17H,2-8H2,1H3,(H,13,16,18). The van der Waals surface area contributed by atoms with Gasteiger partial charge in [0, 0.05) is 37.7 Å². The third-order valence-corrected chi connectivity index (χ3v) is 4.30. The number of nitrogens with one attached hydrogen (secondary N) is 1. The van der Waals surface area contributed by atoms with Crippen molar-refractivity contribution in [3.8, 4) is 5.88 Å². The Bertz CT molecular complexity index is 546. The molecule has 0 aromatic carbocycles. The molecule has 0 bridgehead atoms. The summed E-state index contributed by atoms with van der Waals surface area (Å²) in [6.45, 7) is 4.90. The van der Waals surface area contributed by atoms with Gasteiger partial charge < -0.3 is 5.11 Å². The summed E-state index contributed by atoms with van der Waals surface area (Å²) in [5.41, 5.74) is -0.754. The molecule has 0 amide bonds. The Morgan fingerprint density at radius 1 is 1.26 bits per heavy atom. The van der Waals surface area contributed by atoms with Gasteiger partial charge in [-0.2, -0.15) is 11.8 Å². The van der Waals surface area contributed by atoms with E-state index in [1.54, 1.807) is 6.92 Å². The van der Waals surface area contributed by atoms with Crippen molar-refractivity contribution in [1.82, 2.24) is 14.5 Å². The van der Waals surface area contributed by atoms with Gasteiger partial charge in [-0.25, -0.2) is 4.79 Å². The fourth-order valence-corrected chi connectivity index (χ4v) is 3.17. The van der Waals surface area contributed by atoms with Crippen LogP contribution in [0.4, 0.5) is 0 Å². The molecule has 0 saturated carbocycles. The highest BCUT2D eigenvalue weighted by molar-refractivity contribution is 7.99. The summed E-state index contributed by atoms with van der Waals surface area (Å²) < 4.78 is 1.25. The highest BCUT2D eigenvalue weighted by Crippen LogP contribution is 2.12. The summed E-state index contributed by atoms with van der Waals surface area (Å²) in [5.74, 6) is 2.02. The Morgan fingerprint density at radius 3 is 2.58 bits per heavy atom. The van der Waals surface area contributed by atoms with Crippen LogP contribution in [-0.4, -0.2) is 50.7 Å². The van der Waals surface area contributed by atoms with E-state index >= 15 is 0 Å². The molecule has 0 radical (unpaired) electrons. The zero-order chi connectivity index (χ0) is 13.8. The summed E-state index contributed by atoms with van der Waals surface area (Å²) in [5, 5.41) is 10.0. The first kappa shape index (κ1) is 14.2. The molecule has 2 rings (SSSR count). The van der Waals surface area contributed by atoms with Crippen molar-refractivity contribution >= 4 is 11.8 Å². The summed E-state index contributed by atoms with van der Waals surface area (Å²) in [6, 6.07) is 0. The van der Waals surface area contributed by atoms with Gasteiger partial charge in [-0.05, 0) is 6.42 Å². The predicted octanol–water partition coefficient (Wildman–Crippen LogP) is -0.147. The Balaban J connectivity index is 2.15. The number of H-pyrrole nitrogens is 1. The maximum absolute atomic E-state index is 11.7. The first-order valence-electron chi connectivity index (χ1n) is 6.48. The van der Waals surface area contributed by atoms with Crippen LogP contribution < -0.4 is 11.2 Å². The van der Waals surface area contributed by atoms with Gasteiger partial charge in [0.05, 0.1) is 5.56 Å². The zero-order valence-corrected chi connectivity index (χ0v) is 11.8. The molecular weight excluding hydrogens is 266 g/mol. The third-order valence-electron chi connectivity index (χ3n) is 3.36. The van der Waals surface area contributed by atoms with E-state index in [0.29, 0.717) is 19.5 Å². The van der Waals surface area contributed by atoms with E-state index < -0.39 is 11.2 Å². The number of hydrogen-bond donors (Lipinski definition) is 2. The van der Waals surface area contributed by atoms with Crippen LogP contribution in [0.25, 0.3) is 0 Å². The highest BCUT2D eigenvalue weighted by atomic mass is 32.2. The molecule has 6 nitrogen and oxygen atoms in total. The lowest BCUT2D eigenvalue weighted by Crippen LogP contribution is -2.38. The molecule has 2 N–H and O–H groups in total. The average Bonchev–Trinajstić information content (AvgIpc) is 2.39. The van der Waals surface area contributed by atoms with Gasteiger partial charge in [0.2, 0.25) is 5.88 Å². The normalized spacial score (nSPS) is 16.7. The molecular formula is C12H19N3O3S. The van der Waals surface area contributed by atoms with Crippen molar-refractivity contribution in [2.45, 2.75) is 19.9 Å². The first-order chi connectivity index (χ1) is 9.13. The third kappa shape index (κ3) is 3.22. The van der Waals surface area contributed by atoms with Crippen molar-refractivity contribution in [2.24, 2.45) is 0 Å². The number of hydrogen-bond acceptors (Lipinski definition) is 5. The number of aromatic nitrogens is 2. The lowest BCUT2D eigenvalue weighted by atomic mass is 10.2. The van der Waals surface area contributed by atoms with Crippen molar-refractivity contribution < 1.29 is 5.11 Å². The monoisotopic (exact) mass is 285 g/mol. The van der Waals surface area contributed by atoms with Gasteiger partial charge in [-0.1, -0.05) is 6.92 Å². The van der Waals surface area contributed by atoms with Gasteiger partial charge in [-0.15, -0.1) is 0 Å². The minimum atomic E-state index is -0.536. The summed E-state index contributed by atoms with van der Waals surface area (Å²) >= 11 is 1.93. The molecule has 0 aliphatic carbocycles. The van der Waals surface area contributed by atoms with E-state index in [1.807, 2.05) is 11.8 Å². The molecule has 106 valence electrons. The lowest BCUT2D eigenvalue weighted by Gasteiger charge is -2.26. The molecule has 1 aliphatic rings. The van der Waals surface area contributed by atoms with Crippen LogP contribution in [0.1, 0.15) is 12.5 Å². The van der Waals surface area contributed by atoms with E-state index in [-0.39, 0.29) is 11.4 Å². The van der Waals surface area contributed by atoms with Crippen LogP contribution in [0.2, 0.25) is 0 Å². The number of aromatic hydroxyl groups is 1. The van der Waals surface area contributed by atoms with Crippen molar-refractivity contribution in [3.63, 3.8) is 0 Å². The zero-order valence-electron chi connectivity index (χ0n) is 11.0. The molecule has 1 aliphatic heterocycles. The van der Waals surface area contributed by atoms with E-state index in [1.165, 1.54) is 4.57 Å². The van der Waals surface area contributed by atoms with Crippen molar-refractivity contribution in [2.75, 3.05) is 31.1 Å². The molecule has 1 aromatic heterocycles. The van der Waals surface area contributed by atoms with Crippen LogP contribution in [0.3, 0.4) is 0 Å². The second-order valence-electron chi connectivity index (χ2n) is 4.52. The van der Waals surface area contributed by atoms with Gasteiger partial charge in [-0.3, -0.25) is 19.2 Å². The molecule has 1 aromatic rings. The maximum Gasteiger partial charge on any atom is 0.331 e. The van der Waals surface area contributed by atoms with E-state index in [4.69, 9.17) is 0 Å². The first-order valence-corrected chi connectivity index (χ1v) is 7.64. The number of rotatable bonds is 4. The fourth-order valence-electron chi connectivity index (χ4n) is 2.19. The topological polar surface area (TPSA) is 78.3 Å². The van der Waals surface area contributed by atoms with Crippen molar-refractivity contribution in [3.05, 3.63) is 26.4 Å².